The summed E-state index contributed by atoms with van der Waals surface area (Å²) >= 11 is 0. The van der Waals surface area contributed by atoms with Crippen molar-refractivity contribution in [1.29, 1.82) is 0 Å². The van der Waals surface area contributed by atoms with Crippen molar-refractivity contribution >= 4 is 0 Å². The van der Waals surface area contributed by atoms with E-state index in [-0.39, 0.29) is 6.04 Å². The average Bonchev–Trinajstić information content (AvgIpc) is 2.42. The molecular formula is C15H19F3N2. The highest BCUT2D eigenvalue weighted by Gasteiger charge is 2.24. The molecule has 1 aliphatic heterocycles. The third-order valence-electron chi connectivity index (χ3n) is 3.53. The second-order valence-electron chi connectivity index (χ2n) is 5.26. The monoisotopic (exact) mass is 284 g/mol. The van der Waals surface area contributed by atoms with Crippen molar-refractivity contribution in [1.82, 2.24) is 10.2 Å². The van der Waals surface area contributed by atoms with Gasteiger partial charge in [-0.2, -0.15) is 0 Å². The molecule has 1 atom stereocenters. The van der Waals surface area contributed by atoms with Crippen LogP contribution in [0.2, 0.25) is 0 Å². The number of nitrogens with zero attached hydrogens (tertiary/aromatic N) is 1. The highest BCUT2D eigenvalue weighted by atomic mass is 19.2. The van der Waals surface area contributed by atoms with Crippen molar-refractivity contribution in [2.24, 2.45) is 0 Å². The molecule has 0 saturated carbocycles. The van der Waals surface area contributed by atoms with E-state index >= 15 is 0 Å². The average molecular weight is 284 g/mol. The third kappa shape index (κ3) is 3.41. The zero-order valence-electron chi connectivity index (χ0n) is 11.6. The van der Waals surface area contributed by atoms with Crippen LogP contribution in [-0.4, -0.2) is 31.1 Å². The van der Waals surface area contributed by atoms with E-state index in [4.69, 9.17) is 0 Å². The van der Waals surface area contributed by atoms with Crippen molar-refractivity contribution in [2.75, 3.05) is 26.2 Å². The molecule has 5 heteroatoms. The summed E-state index contributed by atoms with van der Waals surface area (Å²) in [6.45, 7) is 9.00. The van der Waals surface area contributed by atoms with Crippen molar-refractivity contribution in [2.45, 2.75) is 19.4 Å². The van der Waals surface area contributed by atoms with Crippen LogP contribution in [0, 0.1) is 17.5 Å². The first kappa shape index (κ1) is 15.1. The molecule has 1 aromatic carbocycles. The summed E-state index contributed by atoms with van der Waals surface area (Å²) < 4.78 is 40.0. The summed E-state index contributed by atoms with van der Waals surface area (Å²) in [5, 5.41) is 3.23. The van der Waals surface area contributed by atoms with Gasteiger partial charge in [0.2, 0.25) is 0 Å². The van der Waals surface area contributed by atoms with Gasteiger partial charge in [-0.1, -0.05) is 5.57 Å². The molecule has 0 unspecified atom stereocenters. The Balaban J connectivity index is 2.32. The third-order valence-corrected chi connectivity index (χ3v) is 3.53. The summed E-state index contributed by atoms with van der Waals surface area (Å²) in [5.74, 6) is -3.69. The SMILES string of the molecule is C=C(C)C[C@@H](c1cc(F)c(F)c(F)c1)N1CCNCC1. The van der Waals surface area contributed by atoms with Gasteiger partial charge in [-0.25, -0.2) is 13.2 Å². The van der Waals surface area contributed by atoms with Gasteiger partial charge in [-0.05, 0) is 31.0 Å². The van der Waals surface area contributed by atoms with Crippen molar-refractivity contribution in [3.05, 3.63) is 47.3 Å². The molecule has 0 bridgehead atoms. The van der Waals surface area contributed by atoms with Crippen LogP contribution in [0.1, 0.15) is 24.9 Å². The number of nitrogens with one attached hydrogen (secondary N) is 1. The van der Waals surface area contributed by atoms with Crippen LogP contribution in [0.5, 0.6) is 0 Å². The van der Waals surface area contributed by atoms with E-state index in [0.29, 0.717) is 12.0 Å². The van der Waals surface area contributed by atoms with Gasteiger partial charge in [-0.3, -0.25) is 4.90 Å². The quantitative estimate of drug-likeness (QED) is 0.675. The van der Waals surface area contributed by atoms with Gasteiger partial charge in [0.25, 0.3) is 0 Å². The van der Waals surface area contributed by atoms with E-state index < -0.39 is 17.5 Å². The largest absolute Gasteiger partial charge is 0.314 e. The number of rotatable bonds is 4. The lowest BCUT2D eigenvalue weighted by Crippen LogP contribution is -2.45. The molecule has 0 amide bonds. The Kier molecular flexibility index (Phi) is 4.83. The zero-order valence-corrected chi connectivity index (χ0v) is 11.6. The summed E-state index contributed by atoms with van der Waals surface area (Å²) in [5.41, 5.74) is 1.39. The predicted molar refractivity (Wildman–Crippen MR) is 72.9 cm³/mol. The fraction of sp³-hybridized carbons (Fsp3) is 0.467. The number of halogens is 3. The number of hydrogen-bond donors (Lipinski definition) is 1. The first-order valence-corrected chi connectivity index (χ1v) is 6.72. The lowest BCUT2D eigenvalue weighted by atomic mass is 9.97. The Morgan fingerprint density at radius 2 is 1.80 bits per heavy atom. The molecular weight excluding hydrogens is 265 g/mol. The number of benzene rings is 1. The van der Waals surface area contributed by atoms with E-state index in [0.717, 1.165) is 43.9 Å². The maximum Gasteiger partial charge on any atom is 0.194 e. The van der Waals surface area contributed by atoms with E-state index in [1.807, 2.05) is 6.92 Å². The second kappa shape index (κ2) is 6.41. The highest BCUT2D eigenvalue weighted by Crippen LogP contribution is 2.29. The van der Waals surface area contributed by atoms with Gasteiger partial charge in [0.05, 0.1) is 0 Å². The van der Waals surface area contributed by atoms with Gasteiger partial charge in [-0.15, -0.1) is 6.58 Å². The molecule has 1 fully saturated rings. The standard InChI is InChI=1S/C15H19F3N2/c1-10(2)7-14(20-5-3-19-4-6-20)11-8-12(16)15(18)13(17)9-11/h8-9,14,19H,1,3-7H2,2H3/t14-/m0/s1. The fourth-order valence-electron chi connectivity index (χ4n) is 2.55. The Morgan fingerprint density at radius 1 is 1.25 bits per heavy atom. The summed E-state index contributed by atoms with van der Waals surface area (Å²) in [6.07, 6.45) is 0.602. The molecule has 110 valence electrons. The lowest BCUT2D eigenvalue weighted by molar-refractivity contribution is 0.171. The molecule has 1 aliphatic rings. The molecule has 0 spiro atoms. The smallest absolute Gasteiger partial charge is 0.194 e. The van der Waals surface area contributed by atoms with E-state index in [9.17, 15) is 13.2 Å². The van der Waals surface area contributed by atoms with Crippen molar-refractivity contribution < 1.29 is 13.2 Å². The van der Waals surface area contributed by atoms with Crippen LogP contribution in [0.3, 0.4) is 0 Å². The first-order valence-electron chi connectivity index (χ1n) is 6.72. The molecule has 2 nitrogen and oxygen atoms in total. The summed E-state index contributed by atoms with van der Waals surface area (Å²) in [6, 6.07) is 2.02. The number of piperazine rings is 1. The molecule has 2 rings (SSSR count). The Bertz CT molecular complexity index is 473. The van der Waals surface area contributed by atoms with Crippen LogP contribution in [0.15, 0.2) is 24.3 Å². The van der Waals surface area contributed by atoms with Crippen LogP contribution in [0.25, 0.3) is 0 Å². The van der Waals surface area contributed by atoms with Crippen LogP contribution >= 0.6 is 0 Å². The van der Waals surface area contributed by atoms with E-state index in [1.165, 1.54) is 0 Å². The lowest BCUT2D eigenvalue weighted by Gasteiger charge is -2.35. The van der Waals surface area contributed by atoms with Crippen molar-refractivity contribution in [3.8, 4) is 0 Å². The van der Waals surface area contributed by atoms with Crippen LogP contribution in [0.4, 0.5) is 13.2 Å². The highest BCUT2D eigenvalue weighted by molar-refractivity contribution is 5.24. The summed E-state index contributed by atoms with van der Waals surface area (Å²) in [4.78, 5) is 2.15. The van der Waals surface area contributed by atoms with Gasteiger partial charge < -0.3 is 5.32 Å². The maximum atomic E-state index is 13.4. The fourth-order valence-corrected chi connectivity index (χ4v) is 2.55. The Morgan fingerprint density at radius 3 is 2.30 bits per heavy atom. The minimum Gasteiger partial charge on any atom is -0.314 e. The normalized spacial score (nSPS) is 18.0. The van der Waals surface area contributed by atoms with Crippen molar-refractivity contribution in [3.63, 3.8) is 0 Å². The maximum absolute atomic E-state index is 13.4. The zero-order chi connectivity index (χ0) is 14.7. The van der Waals surface area contributed by atoms with Crippen LogP contribution in [-0.2, 0) is 0 Å². The summed E-state index contributed by atoms with van der Waals surface area (Å²) in [7, 11) is 0. The van der Waals surface area contributed by atoms with E-state index in [1.54, 1.807) is 0 Å². The van der Waals surface area contributed by atoms with Gasteiger partial charge in [0, 0.05) is 32.2 Å². The topological polar surface area (TPSA) is 15.3 Å². The molecule has 0 aromatic heterocycles. The minimum absolute atomic E-state index is 0.167. The van der Waals surface area contributed by atoms with Gasteiger partial charge >= 0.3 is 0 Å². The molecule has 0 radical (unpaired) electrons. The Labute approximate surface area is 117 Å². The predicted octanol–water partition coefficient (Wildman–Crippen LogP) is 3.02. The molecule has 20 heavy (non-hydrogen) atoms. The van der Waals surface area contributed by atoms with E-state index in [2.05, 4.69) is 16.8 Å². The first-order chi connectivity index (χ1) is 9.49. The molecule has 1 N–H and O–H groups in total. The number of hydrogen-bond acceptors (Lipinski definition) is 2. The van der Waals surface area contributed by atoms with Gasteiger partial charge in [0.1, 0.15) is 0 Å². The second-order valence-corrected chi connectivity index (χ2v) is 5.26. The minimum atomic E-state index is -1.41. The molecule has 0 aliphatic carbocycles. The molecule has 1 heterocycles. The molecule has 1 aromatic rings. The van der Waals surface area contributed by atoms with Gasteiger partial charge in [0.15, 0.2) is 17.5 Å². The molecule has 1 saturated heterocycles. The Hall–Kier alpha value is -1.33. The van der Waals surface area contributed by atoms with Crippen LogP contribution < -0.4 is 5.32 Å².